The first kappa shape index (κ1) is 17.4. The van der Waals surface area contributed by atoms with Crippen molar-refractivity contribution < 1.29 is 25.2 Å². The van der Waals surface area contributed by atoms with Crippen molar-refractivity contribution in [3.8, 4) is 0 Å². The smallest absolute Gasteiger partial charge is 0.0943 e. The number of allylic oxidation sites excluding steroid dienone is 2. The zero-order chi connectivity index (χ0) is 14.3. The van der Waals surface area contributed by atoms with E-state index in [9.17, 15) is 0 Å². The third-order valence-electron chi connectivity index (χ3n) is 2.07. The van der Waals surface area contributed by atoms with Crippen LogP contribution in [0.4, 0.5) is 0 Å². The lowest BCUT2D eigenvalue weighted by Crippen LogP contribution is -1.91. The Labute approximate surface area is 113 Å². The van der Waals surface area contributed by atoms with Crippen LogP contribution >= 0.6 is 0 Å². The number of rotatable bonds is 10. The molecule has 0 atom stereocenters. The molecule has 0 fully saturated rings. The van der Waals surface area contributed by atoms with Crippen LogP contribution in [0.15, 0.2) is 48.0 Å². The van der Waals surface area contributed by atoms with E-state index in [0.29, 0.717) is 26.1 Å². The summed E-state index contributed by atoms with van der Waals surface area (Å²) in [7, 11) is 0. The van der Waals surface area contributed by atoms with Gasteiger partial charge in [-0.15, -0.1) is 0 Å². The van der Waals surface area contributed by atoms with Gasteiger partial charge in [-0.05, 0) is 12.2 Å². The molecule has 0 amide bonds. The number of hydrogen-bond donors (Lipinski definition) is 4. The molecule has 0 aliphatic carbocycles. The minimum atomic E-state index is -0.168. The Hall–Kier alpha value is -1.56. The summed E-state index contributed by atoms with van der Waals surface area (Å²) in [5, 5.41) is 35.3. The van der Waals surface area contributed by atoms with Gasteiger partial charge in [0.05, 0.1) is 37.9 Å². The van der Waals surface area contributed by atoms with Crippen LogP contribution in [-0.4, -0.2) is 46.9 Å². The Bertz CT molecular complexity index is 297. The molecule has 5 nitrogen and oxygen atoms in total. The van der Waals surface area contributed by atoms with Crippen molar-refractivity contribution >= 4 is 0 Å². The largest absolute Gasteiger partial charge is 0.512 e. The first-order valence-corrected chi connectivity index (χ1v) is 6.06. The zero-order valence-electron chi connectivity index (χ0n) is 10.9. The van der Waals surface area contributed by atoms with Gasteiger partial charge in [-0.25, -0.2) is 0 Å². The standard InChI is InChI=1S/C14H22O5/c15-9-7-13(17)5-1-3-11-19-12-4-2-6-14(18)8-10-16/h1-4,7-8,15-18H,5-6,9-12H2. The minimum Gasteiger partial charge on any atom is -0.512 e. The van der Waals surface area contributed by atoms with E-state index in [4.69, 9.17) is 25.2 Å². The number of ether oxygens (including phenoxy) is 1. The molecule has 0 aliphatic heterocycles. The highest BCUT2D eigenvalue weighted by atomic mass is 16.5. The van der Waals surface area contributed by atoms with E-state index in [1.807, 2.05) is 0 Å². The number of aliphatic hydroxyl groups excluding tert-OH is 4. The van der Waals surface area contributed by atoms with E-state index in [0.717, 1.165) is 0 Å². The Morgan fingerprint density at radius 1 is 0.737 bits per heavy atom. The molecule has 0 heterocycles. The van der Waals surface area contributed by atoms with Crippen LogP contribution < -0.4 is 0 Å². The summed E-state index contributed by atoms with van der Waals surface area (Å²) >= 11 is 0. The normalized spacial score (nSPS) is 13.8. The van der Waals surface area contributed by atoms with Crippen molar-refractivity contribution in [1.82, 2.24) is 0 Å². The van der Waals surface area contributed by atoms with Crippen molar-refractivity contribution in [3.63, 3.8) is 0 Å². The lowest BCUT2D eigenvalue weighted by atomic mass is 10.3. The maximum absolute atomic E-state index is 9.17. The van der Waals surface area contributed by atoms with E-state index < -0.39 is 0 Å². The van der Waals surface area contributed by atoms with Gasteiger partial charge in [0.1, 0.15) is 0 Å². The van der Waals surface area contributed by atoms with Crippen LogP contribution in [0, 0.1) is 0 Å². The minimum absolute atomic E-state index is 0.129. The topological polar surface area (TPSA) is 90.2 Å². The highest BCUT2D eigenvalue weighted by molar-refractivity contribution is 5.00. The Morgan fingerprint density at radius 3 is 1.53 bits per heavy atom. The van der Waals surface area contributed by atoms with E-state index >= 15 is 0 Å². The lowest BCUT2D eigenvalue weighted by molar-refractivity contribution is 0.193. The van der Waals surface area contributed by atoms with Gasteiger partial charge in [-0.2, -0.15) is 0 Å². The zero-order valence-corrected chi connectivity index (χ0v) is 10.9. The van der Waals surface area contributed by atoms with Gasteiger partial charge >= 0.3 is 0 Å². The van der Waals surface area contributed by atoms with Crippen LogP contribution in [0.2, 0.25) is 0 Å². The van der Waals surface area contributed by atoms with Crippen molar-refractivity contribution in [2.75, 3.05) is 26.4 Å². The summed E-state index contributed by atoms with van der Waals surface area (Å²) in [5.41, 5.74) is 0. The van der Waals surface area contributed by atoms with Gasteiger partial charge < -0.3 is 25.2 Å². The molecule has 5 heteroatoms. The second kappa shape index (κ2) is 12.9. The van der Waals surface area contributed by atoms with Crippen molar-refractivity contribution in [2.24, 2.45) is 0 Å². The Kier molecular flexibility index (Phi) is 11.8. The predicted octanol–water partition coefficient (Wildman–Crippen LogP) is 1.76. The maximum atomic E-state index is 9.17. The van der Waals surface area contributed by atoms with E-state index in [2.05, 4.69) is 0 Å². The molecular formula is C14H22O5. The van der Waals surface area contributed by atoms with Crippen molar-refractivity contribution in [2.45, 2.75) is 12.8 Å². The van der Waals surface area contributed by atoms with Crippen LogP contribution in [-0.2, 0) is 4.74 Å². The highest BCUT2D eigenvalue weighted by Gasteiger charge is 1.88. The van der Waals surface area contributed by atoms with E-state index in [-0.39, 0.29) is 24.7 Å². The SMILES string of the molecule is OCC=C(O)CC=CCOCC=CCC(O)=CCO. The molecule has 0 rings (SSSR count). The van der Waals surface area contributed by atoms with E-state index in [1.165, 1.54) is 12.2 Å². The number of aliphatic hydroxyl groups is 4. The highest BCUT2D eigenvalue weighted by Crippen LogP contribution is 1.98. The average Bonchev–Trinajstić information content (AvgIpc) is 2.37. The van der Waals surface area contributed by atoms with E-state index in [1.54, 1.807) is 24.3 Å². The van der Waals surface area contributed by atoms with Crippen LogP contribution in [0.25, 0.3) is 0 Å². The Balaban J connectivity index is 3.55. The first-order valence-electron chi connectivity index (χ1n) is 6.06. The van der Waals surface area contributed by atoms with Crippen LogP contribution in [0.3, 0.4) is 0 Å². The predicted molar refractivity (Wildman–Crippen MR) is 73.9 cm³/mol. The number of hydrogen-bond acceptors (Lipinski definition) is 5. The maximum Gasteiger partial charge on any atom is 0.0943 e. The molecule has 0 aromatic carbocycles. The molecule has 0 unspecified atom stereocenters. The quantitative estimate of drug-likeness (QED) is 0.276. The second-order valence-electron chi connectivity index (χ2n) is 3.64. The van der Waals surface area contributed by atoms with Gasteiger partial charge in [0.25, 0.3) is 0 Å². The summed E-state index contributed by atoms with van der Waals surface area (Å²) in [6.07, 6.45) is 10.5. The summed E-state index contributed by atoms with van der Waals surface area (Å²) in [5.74, 6) is 0.259. The second-order valence-corrected chi connectivity index (χ2v) is 3.64. The third-order valence-corrected chi connectivity index (χ3v) is 2.07. The van der Waals surface area contributed by atoms with Gasteiger partial charge in [0.2, 0.25) is 0 Å². The molecule has 0 bridgehead atoms. The summed E-state index contributed by atoms with van der Waals surface area (Å²) in [6, 6.07) is 0. The van der Waals surface area contributed by atoms with Crippen molar-refractivity contribution in [3.05, 3.63) is 48.0 Å². The van der Waals surface area contributed by atoms with Gasteiger partial charge in [0.15, 0.2) is 0 Å². The summed E-state index contributed by atoms with van der Waals surface area (Å²) in [6.45, 7) is 0.515. The third kappa shape index (κ3) is 12.7. The molecule has 108 valence electrons. The molecule has 0 spiro atoms. The fourth-order valence-corrected chi connectivity index (χ4v) is 1.13. The van der Waals surface area contributed by atoms with Gasteiger partial charge in [-0.1, -0.05) is 24.3 Å². The Morgan fingerprint density at radius 2 is 1.16 bits per heavy atom. The lowest BCUT2D eigenvalue weighted by Gasteiger charge is -1.96. The molecule has 0 saturated carbocycles. The van der Waals surface area contributed by atoms with Crippen molar-refractivity contribution in [1.29, 1.82) is 0 Å². The van der Waals surface area contributed by atoms with Crippen LogP contribution in [0.1, 0.15) is 12.8 Å². The molecule has 0 aromatic heterocycles. The monoisotopic (exact) mass is 270 g/mol. The first-order chi connectivity index (χ1) is 9.20. The molecule has 4 N–H and O–H groups in total. The molecule has 0 radical (unpaired) electrons. The fraction of sp³-hybridized carbons (Fsp3) is 0.429. The molecule has 0 aliphatic rings. The van der Waals surface area contributed by atoms with Gasteiger partial charge in [0, 0.05) is 12.8 Å². The fourth-order valence-electron chi connectivity index (χ4n) is 1.13. The summed E-state index contributed by atoms with van der Waals surface area (Å²) < 4.78 is 5.24. The molecule has 0 aromatic rings. The van der Waals surface area contributed by atoms with Crippen LogP contribution in [0.5, 0.6) is 0 Å². The summed E-state index contributed by atoms with van der Waals surface area (Å²) in [4.78, 5) is 0. The molecule has 0 saturated heterocycles. The average molecular weight is 270 g/mol. The van der Waals surface area contributed by atoms with Gasteiger partial charge in [-0.3, -0.25) is 0 Å². The molecular weight excluding hydrogens is 248 g/mol. The molecule has 19 heavy (non-hydrogen) atoms.